The monoisotopic (exact) mass is 237 g/mol. The third-order valence-corrected chi connectivity index (χ3v) is 3.23. The lowest BCUT2D eigenvalue weighted by molar-refractivity contribution is -0.139. The van der Waals surface area contributed by atoms with Crippen molar-refractivity contribution in [1.29, 1.82) is 0 Å². The highest BCUT2D eigenvalue weighted by Crippen LogP contribution is 2.33. The molecule has 17 heavy (non-hydrogen) atoms. The minimum atomic E-state index is -0.768. The highest BCUT2D eigenvalue weighted by Gasteiger charge is 2.30. The van der Waals surface area contributed by atoms with Gasteiger partial charge in [-0.3, -0.25) is 9.69 Å². The van der Waals surface area contributed by atoms with Crippen molar-refractivity contribution in [3.05, 3.63) is 24.2 Å². The van der Waals surface area contributed by atoms with Crippen LogP contribution in [0.3, 0.4) is 0 Å². The lowest BCUT2D eigenvalue weighted by Crippen LogP contribution is -2.35. The fourth-order valence-electron chi connectivity index (χ4n) is 2.23. The maximum atomic E-state index is 10.9. The molecule has 94 valence electrons. The summed E-state index contributed by atoms with van der Waals surface area (Å²) in [7, 11) is 0. The molecule has 0 radical (unpaired) electrons. The first-order valence-electron chi connectivity index (χ1n) is 6.20. The Balaban J connectivity index is 2.07. The lowest BCUT2D eigenvalue weighted by atomic mass is 10.1. The van der Waals surface area contributed by atoms with Crippen molar-refractivity contribution < 1.29 is 14.3 Å². The zero-order valence-corrected chi connectivity index (χ0v) is 10.1. The van der Waals surface area contributed by atoms with Crippen LogP contribution < -0.4 is 0 Å². The van der Waals surface area contributed by atoms with Crippen LogP contribution in [-0.2, 0) is 4.79 Å². The summed E-state index contributed by atoms with van der Waals surface area (Å²) in [4.78, 5) is 13.0. The van der Waals surface area contributed by atoms with Gasteiger partial charge in [0.05, 0.1) is 18.8 Å². The molecule has 1 fully saturated rings. The quantitative estimate of drug-likeness (QED) is 0.791. The first kappa shape index (κ1) is 12.2. The molecule has 0 amide bonds. The number of rotatable bonds is 7. The van der Waals surface area contributed by atoms with Gasteiger partial charge < -0.3 is 9.52 Å². The Morgan fingerprint density at radius 2 is 2.41 bits per heavy atom. The highest BCUT2D eigenvalue weighted by atomic mass is 16.4. The summed E-state index contributed by atoms with van der Waals surface area (Å²) >= 11 is 0. The van der Waals surface area contributed by atoms with E-state index in [2.05, 4.69) is 6.92 Å². The van der Waals surface area contributed by atoms with Crippen LogP contribution in [0.1, 0.15) is 38.0 Å². The van der Waals surface area contributed by atoms with Crippen LogP contribution in [0.4, 0.5) is 0 Å². The smallest absolute Gasteiger partial charge is 0.317 e. The highest BCUT2D eigenvalue weighted by molar-refractivity contribution is 5.69. The van der Waals surface area contributed by atoms with E-state index in [1.54, 1.807) is 6.26 Å². The average Bonchev–Trinajstić information content (AvgIpc) is 2.93. The minimum Gasteiger partial charge on any atom is -0.480 e. The molecule has 1 N–H and O–H groups in total. The number of nitrogens with zero attached hydrogens (tertiary/aromatic N) is 1. The number of aliphatic carboxylic acids is 1. The van der Waals surface area contributed by atoms with Crippen LogP contribution in [-0.4, -0.2) is 29.1 Å². The van der Waals surface area contributed by atoms with Gasteiger partial charge in [0.15, 0.2) is 0 Å². The van der Waals surface area contributed by atoms with Crippen LogP contribution in [0.5, 0.6) is 0 Å². The van der Waals surface area contributed by atoms with Crippen molar-refractivity contribution >= 4 is 5.97 Å². The van der Waals surface area contributed by atoms with Gasteiger partial charge in [-0.05, 0) is 37.3 Å². The van der Waals surface area contributed by atoms with Crippen LogP contribution >= 0.6 is 0 Å². The molecule has 0 aliphatic heterocycles. The van der Waals surface area contributed by atoms with Gasteiger partial charge in [0, 0.05) is 6.54 Å². The molecule has 0 spiro atoms. The second kappa shape index (κ2) is 5.36. The molecule has 4 heteroatoms. The van der Waals surface area contributed by atoms with Crippen molar-refractivity contribution in [3.63, 3.8) is 0 Å². The topological polar surface area (TPSA) is 53.7 Å². The molecule has 1 aromatic heterocycles. The fraction of sp³-hybridized carbons (Fsp3) is 0.615. The largest absolute Gasteiger partial charge is 0.480 e. The van der Waals surface area contributed by atoms with Crippen molar-refractivity contribution in [3.8, 4) is 0 Å². The summed E-state index contributed by atoms with van der Waals surface area (Å²) < 4.78 is 5.42. The molecule has 1 aliphatic rings. The summed E-state index contributed by atoms with van der Waals surface area (Å²) in [5.74, 6) is 0.781. The van der Waals surface area contributed by atoms with Gasteiger partial charge in [-0.2, -0.15) is 0 Å². The van der Waals surface area contributed by atoms with E-state index in [-0.39, 0.29) is 12.6 Å². The molecule has 1 heterocycles. The van der Waals surface area contributed by atoms with E-state index >= 15 is 0 Å². The van der Waals surface area contributed by atoms with Crippen molar-refractivity contribution in [2.45, 2.75) is 32.2 Å². The Labute approximate surface area is 101 Å². The summed E-state index contributed by atoms with van der Waals surface area (Å²) in [6, 6.07) is 3.87. The van der Waals surface area contributed by atoms with E-state index in [1.807, 2.05) is 17.0 Å². The molecule has 4 nitrogen and oxygen atoms in total. The number of carbonyl (C=O) groups is 1. The molecule has 1 atom stereocenters. The van der Waals surface area contributed by atoms with Crippen LogP contribution in [0, 0.1) is 5.92 Å². The Morgan fingerprint density at radius 3 is 2.88 bits per heavy atom. The summed E-state index contributed by atoms with van der Waals surface area (Å²) in [6.07, 6.45) is 4.97. The maximum absolute atomic E-state index is 10.9. The Hall–Kier alpha value is -1.29. The van der Waals surface area contributed by atoms with Crippen LogP contribution in [0.2, 0.25) is 0 Å². The lowest BCUT2D eigenvalue weighted by Gasteiger charge is -2.28. The van der Waals surface area contributed by atoms with E-state index < -0.39 is 5.97 Å². The second-order valence-electron chi connectivity index (χ2n) is 4.71. The van der Waals surface area contributed by atoms with Crippen molar-refractivity contribution in [2.75, 3.05) is 13.1 Å². The molecule has 1 aromatic rings. The molecule has 1 aliphatic carbocycles. The van der Waals surface area contributed by atoms with E-state index in [9.17, 15) is 4.79 Å². The molecular formula is C13H19NO3. The Kier molecular flexibility index (Phi) is 3.84. The molecule has 2 rings (SSSR count). The van der Waals surface area contributed by atoms with Gasteiger partial charge >= 0.3 is 5.97 Å². The fourth-order valence-corrected chi connectivity index (χ4v) is 2.23. The zero-order valence-electron chi connectivity index (χ0n) is 10.1. The second-order valence-corrected chi connectivity index (χ2v) is 4.71. The normalized spacial score (nSPS) is 17.3. The predicted octanol–water partition coefficient (Wildman–Crippen LogP) is 2.53. The summed E-state index contributed by atoms with van der Waals surface area (Å²) in [5, 5.41) is 8.99. The number of carboxylic acids is 1. The number of furan rings is 1. The zero-order chi connectivity index (χ0) is 12.3. The number of hydrogen-bond acceptors (Lipinski definition) is 3. The van der Waals surface area contributed by atoms with Crippen LogP contribution in [0.25, 0.3) is 0 Å². The molecule has 0 bridgehead atoms. The third-order valence-electron chi connectivity index (χ3n) is 3.23. The Bertz CT molecular complexity index is 357. The molecular weight excluding hydrogens is 218 g/mol. The third kappa shape index (κ3) is 3.33. The Morgan fingerprint density at radius 1 is 1.65 bits per heavy atom. The molecule has 0 aromatic carbocycles. The standard InChI is InChI=1S/C13H19NO3/c1-2-11(12-4-3-7-17-12)14(9-13(15)16)8-10-5-6-10/h3-4,7,10-11H,2,5-6,8-9H2,1H3,(H,15,16). The van der Waals surface area contributed by atoms with E-state index in [1.165, 1.54) is 12.8 Å². The number of carboxylic acid groups (broad SMARTS) is 1. The van der Waals surface area contributed by atoms with Gasteiger partial charge in [0.25, 0.3) is 0 Å². The first-order valence-corrected chi connectivity index (χ1v) is 6.20. The van der Waals surface area contributed by atoms with E-state index in [0.717, 1.165) is 18.7 Å². The SMILES string of the molecule is CCC(c1ccco1)N(CC(=O)O)CC1CC1. The van der Waals surface area contributed by atoms with E-state index in [4.69, 9.17) is 9.52 Å². The van der Waals surface area contributed by atoms with Crippen molar-refractivity contribution in [2.24, 2.45) is 5.92 Å². The minimum absolute atomic E-state index is 0.0849. The molecule has 1 saturated carbocycles. The average molecular weight is 237 g/mol. The summed E-state index contributed by atoms with van der Waals surface area (Å²) in [5.41, 5.74) is 0. The van der Waals surface area contributed by atoms with Gasteiger partial charge in [-0.1, -0.05) is 6.92 Å². The van der Waals surface area contributed by atoms with Gasteiger partial charge in [-0.25, -0.2) is 0 Å². The molecule has 0 saturated heterocycles. The van der Waals surface area contributed by atoms with Crippen molar-refractivity contribution in [1.82, 2.24) is 4.90 Å². The van der Waals surface area contributed by atoms with Gasteiger partial charge in [0.2, 0.25) is 0 Å². The number of hydrogen-bond donors (Lipinski definition) is 1. The first-order chi connectivity index (χ1) is 8.20. The van der Waals surface area contributed by atoms with Gasteiger partial charge in [-0.15, -0.1) is 0 Å². The predicted molar refractivity (Wildman–Crippen MR) is 63.7 cm³/mol. The van der Waals surface area contributed by atoms with Gasteiger partial charge in [0.1, 0.15) is 5.76 Å². The van der Waals surface area contributed by atoms with E-state index in [0.29, 0.717) is 5.92 Å². The maximum Gasteiger partial charge on any atom is 0.317 e. The summed E-state index contributed by atoms with van der Waals surface area (Å²) in [6.45, 7) is 3.02. The molecule has 1 unspecified atom stereocenters. The van der Waals surface area contributed by atoms with Crippen LogP contribution in [0.15, 0.2) is 22.8 Å².